The van der Waals surface area contributed by atoms with Crippen LogP contribution in [0.25, 0.3) is 11.2 Å². The van der Waals surface area contributed by atoms with Gasteiger partial charge < -0.3 is 4.98 Å². The maximum absolute atomic E-state index is 4.12. The molecule has 0 fully saturated rings. The molecule has 60 valence electrons. The topological polar surface area (TPSA) is 54.5 Å². The predicted octanol–water partition coefficient (Wildman–Crippen LogP) is 1.08. The van der Waals surface area contributed by atoms with Gasteiger partial charge in [-0.05, 0) is 0 Å². The first-order valence-electron chi connectivity index (χ1n) is 3.65. The molecule has 0 unspecified atom stereocenters. The zero-order valence-electron chi connectivity index (χ0n) is 6.49. The van der Waals surface area contributed by atoms with Crippen LogP contribution < -0.4 is 0 Å². The number of H-pyrrole nitrogens is 1. The number of nitrogens with zero attached hydrogens (tertiary/aromatic N) is 3. The Kier molecular flexibility index (Phi) is 1.59. The van der Waals surface area contributed by atoms with E-state index >= 15 is 0 Å². The second-order valence-electron chi connectivity index (χ2n) is 2.41. The molecule has 0 amide bonds. The van der Waals surface area contributed by atoms with Crippen molar-refractivity contribution in [2.24, 2.45) is 0 Å². The van der Waals surface area contributed by atoms with Crippen LogP contribution >= 0.6 is 0 Å². The fourth-order valence-electron chi connectivity index (χ4n) is 1.11. The lowest BCUT2D eigenvalue weighted by Gasteiger charge is -1.94. The van der Waals surface area contributed by atoms with E-state index in [0.29, 0.717) is 5.65 Å². The molecule has 4 nitrogen and oxygen atoms in total. The monoisotopic (exact) mass is 160 g/mol. The van der Waals surface area contributed by atoms with E-state index in [1.807, 2.05) is 6.08 Å². The number of hydrogen-bond donors (Lipinski definition) is 1. The van der Waals surface area contributed by atoms with E-state index < -0.39 is 0 Å². The summed E-state index contributed by atoms with van der Waals surface area (Å²) in [5.41, 5.74) is 2.55. The largest absolute Gasteiger partial charge is 0.342 e. The smallest absolute Gasteiger partial charge is 0.180 e. The van der Waals surface area contributed by atoms with Crippen molar-refractivity contribution in [1.82, 2.24) is 19.9 Å². The molecule has 2 aromatic rings. The Morgan fingerprint density at radius 2 is 2.33 bits per heavy atom. The Balaban J connectivity index is 2.65. The van der Waals surface area contributed by atoms with E-state index in [0.717, 1.165) is 17.6 Å². The minimum Gasteiger partial charge on any atom is -0.342 e. The summed E-state index contributed by atoms with van der Waals surface area (Å²) >= 11 is 0. The zero-order chi connectivity index (χ0) is 8.39. The minimum absolute atomic E-state index is 0.710. The van der Waals surface area contributed by atoms with Crippen LogP contribution in [-0.4, -0.2) is 19.9 Å². The second kappa shape index (κ2) is 2.73. The molecule has 1 N–H and O–H groups in total. The molecular formula is C8H8N4. The molecule has 0 bridgehead atoms. The normalized spacial score (nSPS) is 10.3. The van der Waals surface area contributed by atoms with Gasteiger partial charge in [-0.1, -0.05) is 6.08 Å². The third-order valence-electron chi connectivity index (χ3n) is 1.64. The van der Waals surface area contributed by atoms with Gasteiger partial charge in [0.15, 0.2) is 5.65 Å². The lowest BCUT2D eigenvalue weighted by atomic mass is 10.3. The third-order valence-corrected chi connectivity index (χ3v) is 1.64. The summed E-state index contributed by atoms with van der Waals surface area (Å²) in [5, 5.41) is 0. The highest BCUT2D eigenvalue weighted by Gasteiger charge is 2.02. The van der Waals surface area contributed by atoms with Crippen LogP contribution in [0.1, 0.15) is 5.69 Å². The molecule has 0 aliphatic heterocycles. The van der Waals surface area contributed by atoms with E-state index in [1.54, 1.807) is 6.33 Å². The molecule has 2 aromatic heterocycles. The number of aromatic nitrogens is 4. The fourth-order valence-corrected chi connectivity index (χ4v) is 1.11. The molecule has 0 saturated carbocycles. The first kappa shape index (κ1) is 6.97. The summed E-state index contributed by atoms with van der Waals surface area (Å²) in [4.78, 5) is 15.1. The van der Waals surface area contributed by atoms with Crippen molar-refractivity contribution in [1.29, 1.82) is 0 Å². The Hall–Kier alpha value is -1.71. The standard InChI is InChI=1S/C8H8N4/c1-2-3-6-7-8(11-4-9-6)12-5-10-7/h2,4-5H,1,3H2,(H,9,10,11,12). The summed E-state index contributed by atoms with van der Waals surface area (Å²) in [5.74, 6) is 0. The molecule has 0 aliphatic carbocycles. The summed E-state index contributed by atoms with van der Waals surface area (Å²) in [6.45, 7) is 3.65. The van der Waals surface area contributed by atoms with Crippen molar-refractivity contribution >= 4 is 11.2 Å². The van der Waals surface area contributed by atoms with Crippen LogP contribution in [0.15, 0.2) is 25.3 Å². The summed E-state index contributed by atoms with van der Waals surface area (Å²) < 4.78 is 0. The average Bonchev–Trinajstić information content (AvgIpc) is 2.53. The summed E-state index contributed by atoms with van der Waals surface area (Å²) in [7, 11) is 0. The van der Waals surface area contributed by atoms with Crippen LogP contribution in [0, 0.1) is 0 Å². The molecule has 2 heterocycles. The lowest BCUT2D eigenvalue weighted by Crippen LogP contribution is -1.90. The zero-order valence-corrected chi connectivity index (χ0v) is 6.49. The van der Waals surface area contributed by atoms with Crippen LogP contribution in [0.5, 0.6) is 0 Å². The Bertz CT molecular complexity index is 404. The van der Waals surface area contributed by atoms with Gasteiger partial charge in [-0.3, -0.25) is 0 Å². The van der Waals surface area contributed by atoms with Gasteiger partial charge in [-0.25, -0.2) is 15.0 Å². The number of imidazole rings is 1. The number of hydrogen-bond acceptors (Lipinski definition) is 3. The first-order valence-corrected chi connectivity index (χ1v) is 3.65. The summed E-state index contributed by atoms with van der Waals surface area (Å²) in [6, 6.07) is 0. The van der Waals surface area contributed by atoms with Crippen molar-refractivity contribution < 1.29 is 0 Å². The quantitative estimate of drug-likeness (QED) is 0.669. The highest BCUT2D eigenvalue weighted by molar-refractivity contribution is 5.72. The van der Waals surface area contributed by atoms with Crippen molar-refractivity contribution in [2.45, 2.75) is 6.42 Å². The van der Waals surface area contributed by atoms with Gasteiger partial charge in [0, 0.05) is 6.42 Å². The van der Waals surface area contributed by atoms with Crippen molar-refractivity contribution in [2.75, 3.05) is 0 Å². The predicted molar refractivity (Wildman–Crippen MR) is 45.6 cm³/mol. The SMILES string of the molecule is C=CCc1ncnc2nc[nH]c12. The lowest BCUT2D eigenvalue weighted by molar-refractivity contribution is 1.08. The van der Waals surface area contributed by atoms with Gasteiger partial charge in [0.1, 0.15) is 11.8 Å². The van der Waals surface area contributed by atoms with Crippen molar-refractivity contribution in [3.8, 4) is 0 Å². The van der Waals surface area contributed by atoms with Gasteiger partial charge in [0.2, 0.25) is 0 Å². The molecule has 0 radical (unpaired) electrons. The Morgan fingerprint density at radius 3 is 3.17 bits per heavy atom. The van der Waals surface area contributed by atoms with Gasteiger partial charge in [-0.15, -0.1) is 6.58 Å². The highest BCUT2D eigenvalue weighted by atomic mass is 15.0. The number of fused-ring (bicyclic) bond motifs is 1. The molecule has 4 heteroatoms. The van der Waals surface area contributed by atoms with Gasteiger partial charge in [0.25, 0.3) is 0 Å². The maximum atomic E-state index is 4.12. The van der Waals surface area contributed by atoms with Crippen LogP contribution in [0.4, 0.5) is 0 Å². The number of allylic oxidation sites excluding steroid dienone is 1. The van der Waals surface area contributed by atoms with Gasteiger partial charge in [-0.2, -0.15) is 0 Å². The fraction of sp³-hybridized carbons (Fsp3) is 0.125. The summed E-state index contributed by atoms with van der Waals surface area (Å²) in [6.07, 6.45) is 5.68. The molecule has 0 spiro atoms. The molecule has 0 atom stereocenters. The highest BCUT2D eigenvalue weighted by Crippen LogP contribution is 2.09. The molecule has 12 heavy (non-hydrogen) atoms. The molecule has 2 rings (SSSR count). The van der Waals surface area contributed by atoms with E-state index in [1.165, 1.54) is 6.33 Å². The average molecular weight is 160 g/mol. The van der Waals surface area contributed by atoms with Gasteiger partial charge >= 0.3 is 0 Å². The van der Waals surface area contributed by atoms with Crippen LogP contribution in [0.2, 0.25) is 0 Å². The Morgan fingerprint density at radius 1 is 1.42 bits per heavy atom. The van der Waals surface area contributed by atoms with E-state index in [4.69, 9.17) is 0 Å². The van der Waals surface area contributed by atoms with Crippen LogP contribution in [0.3, 0.4) is 0 Å². The minimum atomic E-state index is 0.710. The van der Waals surface area contributed by atoms with E-state index in [-0.39, 0.29) is 0 Å². The maximum Gasteiger partial charge on any atom is 0.180 e. The third kappa shape index (κ3) is 0.972. The van der Waals surface area contributed by atoms with Crippen LogP contribution in [-0.2, 0) is 6.42 Å². The van der Waals surface area contributed by atoms with Gasteiger partial charge in [0.05, 0.1) is 12.0 Å². The van der Waals surface area contributed by atoms with Crippen molar-refractivity contribution in [3.63, 3.8) is 0 Å². The molecule has 0 aromatic carbocycles. The number of rotatable bonds is 2. The van der Waals surface area contributed by atoms with E-state index in [9.17, 15) is 0 Å². The molecule has 0 saturated heterocycles. The molecule has 0 aliphatic rings. The first-order chi connectivity index (χ1) is 5.92. The molecular weight excluding hydrogens is 152 g/mol. The number of nitrogens with one attached hydrogen (secondary N) is 1. The number of aromatic amines is 1. The van der Waals surface area contributed by atoms with E-state index in [2.05, 4.69) is 26.5 Å². The Labute approximate surface area is 69.4 Å². The van der Waals surface area contributed by atoms with Crippen molar-refractivity contribution in [3.05, 3.63) is 31.0 Å². The second-order valence-corrected chi connectivity index (χ2v) is 2.41.